The van der Waals surface area contributed by atoms with Crippen molar-refractivity contribution in [2.24, 2.45) is 5.10 Å². The van der Waals surface area contributed by atoms with Gasteiger partial charge in [0.25, 0.3) is 0 Å². The van der Waals surface area contributed by atoms with Gasteiger partial charge in [0.15, 0.2) is 0 Å². The standard InChI is InChI=1S/C12H13IN4/c1-8-4-3-5-11(13)10(8)6-15-17-7-9(2)16-12(17)14/h3-7H,1-2H3,(H2,14,16). The zero-order chi connectivity index (χ0) is 12.4. The maximum Gasteiger partial charge on any atom is 0.221 e. The number of benzene rings is 1. The lowest BCUT2D eigenvalue weighted by atomic mass is 10.1. The second kappa shape index (κ2) is 4.87. The summed E-state index contributed by atoms with van der Waals surface area (Å²) in [7, 11) is 0. The molecule has 0 atom stereocenters. The molecule has 2 rings (SSSR count). The Labute approximate surface area is 114 Å². The SMILES string of the molecule is Cc1cn(N=Cc2c(C)cccc2I)c(N)n1. The quantitative estimate of drug-likeness (QED) is 0.675. The van der Waals surface area contributed by atoms with Gasteiger partial charge in [-0.05, 0) is 48.1 Å². The summed E-state index contributed by atoms with van der Waals surface area (Å²) in [5.74, 6) is 0.405. The molecule has 1 aromatic heterocycles. The van der Waals surface area contributed by atoms with Crippen LogP contribution in [-0.4, -0.2) is 15.9 Å². The monoisotopic (exact) mass is 340 g/mol. The third-order valence-electron chi connectivity index (χ3n) is 2.42. The van der Waals surface area contributed by atoms with Gasteiger partial charge < -0.3 is 5.73 Å². The van der Waals surface area contributed by atoms with Gasteiger partial charge in [-0.25, -0.2) is 9.66 Å². The summed E-state index contributed by atoms with van der Waals surface area (Å²) < 4.78 is 2.75. The molecule has 17 heavy (non-hydrogen) atoms. The van der Waals surface area contributed by atoms with Crippen LogP contribution in [0, 0.1) is 17.4 Å². The second-order valence-electron chi connectivity index (χ2n) is 3.80. The number of hydrogen-bond donors (Lipinski definition) is 1. The van der Waals surface area contributed by atoms with Crippen molar-refractivity contribution >= 4 is 34.8 Å². The summed E-state index contributed by atoms with van der Waals surface area (Å²) in [6, 6.07) is 6.15. The Balaban J connectivity index is 2.35. The highest BCUT2D eigenvalue weighted by Crippen LogP contribution is 2.14. The van der Waals surface area contributed by atoms with Crippen LogP contribution in [0.15, 0.2) is 29.5 Å². The Hall–Kier alpha value is -1.37. The zero-order valence-corrected chi connectivity index (χ0v) is 11.8. The van der Waals surface area contributed by atoms with Crippen molar-refractivity contribution in [2.75, 3.05) is 5.73 Å². The van der Waals surface area contributed by atoms with Crippen molar-refractivity contribution in [3.8, 4) is 0 Å². The topological polar surface area (TPSA) is 56.2 Å². The van der Waals surface area contributed by atoms with Gasteiger partial charge in [-0.15, -0.1) is 0 Å². The molecule has 4 nitrogen and oxygen atoms in total. The molecule has 5 heteroatoms. The molecule has 0 radical (unpaired) electrons. The highest BCUT2D eigenvalue weighted by Gasteiger charge is 2.01. The van der Waals surface area contributed by atoms with Crippen molar-refractivity contribution in [3.63, 3.8) is 0 Å². The number of imidazole rings is 1. The van der Waals surface area contributed by atoms with Crippen LogP contribution in [0.2, 0.25) is 0 Å². The van der Waals surface area contributed by atoms with E-state index in [0.29, 0.717) is 5.95 Å². The Morgan fingerprint density at radius 2 is 2.18 bits per heavy atom. The number of aromatic nitrogens is 2. The van der Waals surface area contributed by atoms with Crippen LogP contribution in [0.1, 0.15) is 16.8 Å². The Bertz CT molecular complexity index is 552. The fourth-order valence-electron chi connectivity index (χ4n) is 1.52. The normalized spacial score (nSPS) is 11.2. The predicted octanol–water partition coefficient (Wildman–Crippen LogP) is 2.57. The van der Waals surface area contributed by atoms with Gasteiger partial charge in [-0.1, -0.05) is 12.1 Å². The first kappa shape index (κ1) is 12.1. The van der Waals surface area contributed by atoms with Crippen LogP contribution in [0.25, 0.3) is 0 Å². The first-order valence-corrected chi connectivity index (χ1v) is 6.26. The molecule has 2 aromatic rings. The van der Waals surface area contributed by atoms with Crippen LogP contribution in [0.3, 0.4) is 0 Å². The van der Waals surface area contributed by atoms with E-state index in [-0.39, 0.29) is 0 Å². The number of anilines is 1. The van der Waals surface area contributed by atoms with Crippen LogP contribution < -0.4 is 5.73 Å². The summed E-state index contributed by atoms with van der Waals surface area (Å²) in [5, 5.41) is 4.32. The molecular formula is C12H13IN4. The first-order chi connectivity index (χ1) is 8.08. The van der Waals surface area contributed by atoms with Gasteiger partial charge in [0.2, 0.25) is 5.95 Å². The Morgan fingerprint density at radius 3 is 2.76 bits per heavy atom. The molecule has 0 aliphatic rings. The van der Waals surface area contributed by atoms with E-state index in [1.165, 1.54) is 9.13 Å². The number of aryl methyl sites for hydroxylation is 2. The lowest BCUT2D eigenvalue weighted by Gasteiger charge is -2.02. The number of rotatable bonds is 2. The van der Waals surface area contributed by atoms with Crippen molar-refractivity contribution in [2.45, 2.75) is 13.8 Å². The molecule has 0 unspecified atom stereocenters. The van der Waals surface area contributed by atoms with E-state index in [0.717, 1.165) is 11.3 Å². The second-order valence-corrected chi connectivity index (χ2v) is 4.96. The average Bonchev–Trinajstić information content (AvgIpc) is 2.57. The van der Waals surface area contributed by atoms with Crippen LogP contribution in [0.5, 0.6) is 0 Å². The summed E-state index contributed by atoms with van der Waals surface area (Å²) in [6.45, 7) is 3.95. The van der Waals surface area contributed by atoms with E-state index < -0.39 is 0 Å². The number of nitrogen functional groups attached to an aromatic ring is 1. The zero-order valence-electron chi connectivity index (χ0n) is 9.68. The van der Waals surface area contributed by atoms with E-state index in [9.17, 15) is 0 Å². The minimum atomic E-state index is 0.405. The molecule has 0 bridgehead atoms. The molecule has 1 aromatic carbocycles. The van der Waals surface area contributed by atoms with E-state index in [4.69, 9.17) is 5.73 Å². The molecule has 0 fully saturated rings. The third kappa shape index (κ3) is 2.66. The molecule has 0 aliphatic carbocycles. The highest BCUT2D eigenvalue weighted by molar-refractivity contribution is 14.1. The van der Waals surface area contributed by atoms with E-state index in [2.05, 4.69) is 51.7 Å². The smallest absolute Gasteiger partial charge is 0.221 e. The molecule has 88 valence electrons. The van der Waals surface area contributed by atoms with Gasteiger partial charge in [-0.2, -0.15) is 5.10 Å². The van der Waals surface area contributed by atoms with Crippen LogP contribution in [0.4, 0.5) is 5.95 Å². The maximum atomic E-state index is 5.72. The molecule has 0 amide bonds. The average molecular weight is 340 g/mol. The van der Waals surface area contributed by atoms with Crippen molar-refractivity contribution in [1.82, 2.24) is 9.66 Å². The van der Waals surface area contributed by atoms with Gasteiger partial charge >= 0.3 is 0 Å². The molecule has 0 saturated heterocycles. The Morgan fingerprint density at radius 1 is 1.41 bits per heavy atom. The van der Waals surface area contributed by atoms with Crippen LogP contribution >= 0.6 is 22.6 Å². The minimum absolute atomic E-state index is 0.405. The van der Waals surface area contributed by atoms with E-state index >= 15 is 0 Å². The van der Waals surface area contributed by atoms with Crippen molar-refractivity contribution in [3.05, 3.63) is 44.8 Å². The Kier molecular flexibility index (Phi) is 3.46. The summed E-state index contributed by atoms with van der Waals surface area (Å²) in [6.07, 6.45) is 3.62. The van der Waals surface area contributed by atoms with Gasteiger partial charge in [-0.3, -0.25) is 0 Å². The molecular weight excluding hydrogens is 327 g/mol. The first-order valence-electron chi connectivity index (χ1n) is 5.19. The predicted molar refractivity (Wildman–Crippen MR) is 78.3 cm³/mol. The fourth-order valence-corrected chi connectivity index (χ4v) is 2.30. The minimum Gasteiger partial charge on any atom is -0.368 e. The lowest BCUT2D eigenvalue weighted by Crippen LogP contribution is -1.98. The summed E-state index contributed by atoms with van der Waals surface area (Å²) >= 11 is 2.30. The van der Waals surface area contributed by atoms with Gasteiger partial charge in [0.05, 0.1) is 18.1 Å². The summed E-state index contributed by atoms with van der Waals surface area (Å²) in [4.78, 5) is 4.09. The molecule has 0 spiro atoms. The highest BCUT2D eigenvalue weighted by atomic mass is 127. The maximum absolute atomic E-state index is 5.72. The number of hydrogen-bond acceptors (Lipinski definition) is 3. The molecule has 0 aliphatic heterocycles. The van der Waals surface area contributed by atoms with E-state index in [1.54, 1.807) is 10.9 Å². The van der Waals surface area contributed by atoms with E-state index in [1.807, 2.05) is 19.2 Å². The summed E-state index contributed by atoms with van der Waals surface area (Å²) in [5.41, 5.74) is 8.88. The number of nitrogens with two attached hydrogens (primary N) is 1. The largest absolute Gasteiger partial charge is 0.368 e. The van der Waals surface area contributed by atoms with Crippen LogP contribution in [-0.2, 0) is 0 Å². The van der Waals surface area contributed by atoms with Crippen molar-refractivity contribution in [1.29, 1.82) is 0 Å². The fraction of sp³-hybridized carbons (Fsp3) is 0.167. The van der Waals surface area contributed by atoms with Crippen molar-refractivity contribution < 1.29 is 0 Å². The van der Waals surface area contributed by atoms with Gasteiger partial charge in [0, 0.05) is 9.13 Å². The number of nitrogens with zero attached hydrogens (tertiary/aromatic N) is 3. The third-order valence-corrected chi connectivity index (χ3v) is 3.36. The molecule has 1 heterocycles. The van der Waals surface area contributed by atoms with Gasteiger partial charge in [0.1, 0.15) is 0 Å². The number of halogens is 1. The molecule has 2 N–H and O–H groups in total. The molecule has 0 saturated carbocycles. The lowest BCUT2D eigenvalue weighted by molar-refractivity contribution is 0.896.